The summed E-state index contributed by atoms with van der Waals surface area (Å²) < 4.78 is 43.8. The molecule has 3 rings (SSSR count). The van der Waals surface area contributed by atoms with Crippen LogP contribution in [-0.4, -0.2) is 43.9 Å². The maximum absolute atomic E-state index is 13.2. The van der Waals surface area contributed by atoms with E-state index >= 15 is 0 Å². The molecule has 3 aromatic rings. The van der Waals surface area contributed by atoms with Crippen molar-refractivity contribution in [2.45, 2.75) is 13.0 Å². The number of rotatable bonds is 7. The van der Waals surface area contributed by atoms with Gasteiger partial charge in [0.15, 0.2) is 0 Å². The summed E-state index contributed by atoms with van der Waals surface area (Å²) in [6.45, 7) is 1.44. The fourth-order valence-electron chi connectivity index (χ4n) is 2.73. The van der Waals surface area contributed by atoms with Gasteiger partial charge in [0.25, 0.3) is 0 Å². The van der Waals surface area contributed by atoms with Crippen LogP contribution in [0.1, 0.15) is 6.92 Å². The maximum atomic E-state index is 13.2. The van der Waals surface area contributed by atoms with E-state index in [0.717, 1.165) is 39.6 Å². The monoisotopic (exact) mass is 450 g/mol. The summed E-state index contributed by atoms with van der Waals surface area (Å²) >= 11 is 1.15. The predicted molar refractivity (Wildman–Crippen MR) is 114 cm³/mol. The van der Waals surface area contributed by atoms with Crippen molar-refractivity contribution in [1.29, 1.82) is 0 Å². The Balaban J connectivity index is 1.78. The van der Waals surface area contributed by atoms with E-state index in [1.54, 1.807) is 19.2 Å². The van der Waals surface area contributed by atoms with E-state index in [9.17, 15) is 17.6 Å². The Kier molecular flexibility index (Phi) is 6.32. The normalized spacial score (nSPS) is 12.3. The number of benzene rings is 2. The molecule has 2 aromatic carbocycles. The van der Waals surface area contributed by atoms with Crippen LogP contribution in [0.25, 0.3) is 10.6 Å². The molecule has 0 bridgehead atoms. The highest BCUT2D eigenvalue weighted by Crippen LogP contribution is 2.28. The number of hydrogen-bond donors (Lipinski definition) is 1. The molecule has 1 N–H and O–H groups in total. The lowest BCUT2D eigenvalue weighted by Gasteiger charge is -2.27. The van der Waals surface area contributed by atoms with Crippen LogP contribution < -0.4 is 14.4 Å². The molecule has 1 atom stereocenters. The van der Waals surface area contributed by atoms with Crippen molar-refractivity contribution < 1.29 is 22.3 Å². The molecule has 1 heterocycles. The SMILES string of the molecule is COc1ccc(-c2nnc(NC(=O)C(C)N(c3ccc(F)cc3)S(C)(=O)=O)s2)cc1. The molecule has 158 valence electrons. The lowest BCUT2D eigenvalue weighted by Crippen LogP contribution is -2.45. The Bertz CT molecular complexity index is 1130. The highest BCUT2D eigenvalue weighted by atomic mass is 32.2. The predicted octanol–water partition coefficient (Wildman–Crippen LogP) is 3.15. The van der Waals surface area contributed by atoms with Crippen molar-refractivity contribution in [1.82, 2.24) is 10.2 Å². The lowest BCUT2D eigenvalue weighted by molar-refractivity contribution is -0.116. The fourth-order valence-corrected chi connectivity index (χ4v) is 4.66. The third-order valence-electron chi connectivity index (χ3n) is 4.16. The van der Waals surface area contributed by atoms with Crippen molar-refractivity contribution in [3.05, 3.63) is 54.3 Å². The van der Waals surface area contributed by atoms with Gasteiger partial charge in [0.1, 0.15) is 22.6 Å². The second-order valence-corrected chi connectivity index (χ2v) is 9.18. The van der Waals surface area contributed by atoms with Gasteiger partial charge in [0.2, 0.25) is 21.1 Å². The minimum Gasteiger partial charge on any atom is -0.497 e. The molecular formula is C19H19FN4O4S2. The van der Waals surface area contributed by atoms with Gasteiger partial charge in [-0.1, -0.05) is 11.3 Å². The highest BCUT2D eigenvalue weighted by molar-refractivity contribution is 7.92. The minimum atomic E-state index is -3.81. The number of sulfonamides is 1. The van der Waals surface area contributed by atoms with Gasteiger partial charge in [-0.3, -0.25) is 14.4 Å². The Hall–Kier alpha value is -3.05. The highest BCUT2D eigenvalue weighted by Gasteiger charge is 2.29. The molecule has 8 nitrogen and oxygen atoms in total. The number of nitrogens with one attached hydrogen (secondary N) is 1. The Morgan fingerprint density at radius 2 is 1.77 bits per heavy atom. The van der Waals surface area contributed by atoms with E-state index in [0.29, 0.717) is 10.8 Å². The van der Waals surface area contributed by atoms with Crippen molar-refractivity contribution in [3.8, 4) is 16.3 Å². The molecule has 0 aliphatic rings. The Morgan fingerprint density at radius 1 is 1.13 bits per heavy atom. The molecule has 0 spiro atoms. The third kappa shape index (κ3) is 4.92. The van der Waals surface area contributed by atoms with Crippen molar-refractivity contribution in [2.24, 2.45) is 0 Å². The summed E-state index contributed by atoms with van der Waals surface area (Å²) in [6, 6.07) is 10.9. The number of ether oxygens (including phenoxy) is 1. The molecule has 0 aliphatic heterocycles. The van der Waals surface area contributed by atoms with Crippen LogP contribution in [-0.2, 0) is 14.8 Å². The topological polar surface area (TPSA) is 101 Å². The van der Waals surface area contributed by atoms with Crippen LogP contribution in [0.5, 0.6) is 5.75 Å². The van der Waals surface area contributed by atoms with Gasteiger partial charge >= 0.3 is 0 Å². The van der Waals surface area contributed by atoms with Crippen LogP contribution in [0.2, 0.25) is 0 Å². The van der Waals surface area contributed by atoms with E-state index in [1.807, 2.05) is 12.1 Å². The average molecular weight is 451 g/mol. The molecule has 0 saturated heterocycles. The van der Waals surface area contributed by atoms with E-state index in [2.05, 4.69) is 15.5 Å². The summed E-state index contributed by atoms with van der Waals surface area (Å²) in [5.74, 6) is -0.404. The van der Waals surface area contributed by atoms with E-state index in [-0.39, 0.29) is 10.8 Å². The number of carbonyl (C=O) groups is 1. The standard InChI is InChI=1S/C19H19FN4O4S2/c1-12(24(30(3,26)27)15-8-6-14(20)7-9-15)17(25)21-19-23-22-18(29-19)13-4-10-16(28-2)11-5-13/h4-12H,1-3H3,(H,21,23,25). The smallest absolute Gasteiger partial charge is 0.249 e. The molecule has 0 radical (unpaired) electrons. The summed E-state index contributed by atoms with van der Waals surface area (Å²) in [4.78, 5) is 12.7. The molecule has 11 heteroatoms. The molecule has 1 aromatic heterocycles. The first-order valence-corrected chi connectivity index (χ1v) is 11.4. The van der Waals surface area contributed by atoms with Crippen LogP contribution in [0.15, 0.2) is 48.5 Å². The first kappa shape index (κ1) is 21.7. The van der Waals surface area contributed by atoms with E-state index < -0.39 is 27.8 Å². The summed E-state index contributed by atoms with van der Waals surface area (Å²) in [5.41, 5.74) is 0.976. The van der Waals surface area contributed by atoms with Gasteiger partial charge in [-0.25, -0.2) is 12.8 Å². The second-order valence-electron chi connectivity index (χ2n) is 6.34. The van der Waals surface area contributed by atoms with Gasteiger partial charge in [0, 0.05) is 5.56 Å². The number of anilines is 2. The first-order chi connectivity index (χ1) is 14.2. The number of halogens is 1. The zero-order chi connectivity index (χ0) is 21.9. The summed E-state index contributed by atoms with van der Waals surface area (Å²) in [5, 5.41) is 11.4. The number of amides is 1. The van der Waals surface area contributed by atoms with Crippen LogP contribution in [0, 0.1) is 5.82 Å². The zero-order valence-corrected chi connectivity index (χ0v) is 18.0. The van der Waals surface area contributed by atoms with Crippen LogP contribution in [0.3, 0.4) is 0 Å². The van der Waals surface area contributed by atoms with Crippen molar-refractivity contribution >= 4 is 38.1 Å². The molecule has 0 aliphatic carbocycles. The second kappa shape index (κ2) is 8.76. The van der Waals surface area contributed by atoms with Crippen molar-refractivity contribution in [3.63, 3.8) is 0 Å². The van der Waals surface area contributed by atoms with Gasteiger partial charge in [-0.2, -0.15) is 0 Å². The molecule has 30 heavy (non-hydrogen) atoms. The molecule has 1 unspecified atom stereocenters. The van der Waals surface area contributed by atoms with Gasteiger partial charge in [-0.05, 0) is 55.5 Å². The molecule has 0 saturated carbocycles. The first-order valence-electron chi connectivity index (χ1n) is 8.73. The zero-order valence-electron chi connectivity index (χ0n) is 16.4. The summed E-state index contributed by atoms with van der Waals surface area (Å²) in [7, 11) is -2.24. The Morgan fingerprint density at radius 3 is 2.33 bits per heavy atom. The van der Waals surface area contributed by atoms with Crippen molar-refractivity contribution in [2.75, 3.05) is 23.0 Å². The number of nitrogens with zero attached hydrogens (tertiary/aromatic N) is 3. The number of methoxy groups -OCH3 is 1. The van der Waals surface area contributed by atoms with E-state index in [4.69, 9.17) is 4.74 Å². The summed E-state index contributed by atoms with van der Waals surface area (Å²) in [6.07, 6.45) is 0.979. The molecule has 1 amide bonds. The van der Waals surface area contributed by atoms with Crippen LogP contribution in [0.4, 0.5) is 15.2 Å². The third-order valence-corrected chi connectivity index (χ3v) is 6.29. The average Bonchev–Trinajstić information content (AvgIpc) is 3.17. The quantitative estimate of drug-likeness (QED) is 0.593. The minimum absolute atomic E-state index is 0.178. The fraction of sp³-hybridized carbons (Fsp3) is 0.211. The number of aromatic nitrogens is 2. The number of carbonyl (C=O) groups excluding carboxylic acids is 1. The molecular weight excluding hydrogens is 431 g/mol. The van der Waals surface area contributed by atoms with E-state index in [1.165, 1.54) is 19.1 Å². The number of hydrogen-bond acceptors (Lipinski definition) is 7. The van der Waals surface area contributed by atoms with Crippen LogP contribution >= 0.6 is 11.3 Å². The maximum Gasteiger partial charge on any atom is 0.249 e. The van der Waals surface area contributed by atoms with Gasteiger partial charge < -0.3 is 4.74 Å². The largest absolute Gasteiger partial charge is 0.497 e. The molecule has 0 fully saturated rings. The lowest BCUT2D eigenvalue weighted by atomic mass is 10.2. The Labute approximate surface area is 177 Å². The van der Waals surface area contributed by atoms with Gasteiger partial charge in [0.05, 0.1) is 19.1 Å². The van der Waals surface area contributed by atoms with Gasteiger partial charge in [-0.15, -0.1) is 10.2 Å².